The van der Waals surface area contributed by atoms with Crippen LogP contribution in [-0.2, 0) is 0 Å². The molecule has 5 nitrogen and oxygen atoms in total. The van der Waals surface area contributed by atoms with Crippen LogP contribution in [0.15, 0.2) is 5.16 Å². The zero-order valence-corrected chi connectivity index (χ0v) is 13.5. The van der Waals surface area contributed by atoms with Crippen LogP contribution in [0.4, 0.5) is 0 Å². The topological polar surface area (TPSA) is 65.1 Å². The molecule has 2 saturated carbocycles. The maximum absolute atomic E-state index is 8.93. The van der Waals surface area contributed by atoms with E-state index in [0.717, 1.165) is 43.9 Å². The summed E-state index contributed by atoms with van der Waals surface area (Å²) in [5.41, 5.74) is 5.48. The highest BCUT2D eigenvalue weighted by atomic mass is 16.4. The minimum atomic E-state index is -0.354. The number of fused-ring (bicyclic) bond motifs is 2. The monoisotopic (exact) mass is 294 g/mol. The lowest BCUT2D eigenvalue weighted by Gasteiger charge is -2.44. The average molecular weight is 294 g/mol. The second-order valence-electron chi connectivity index (χ2n) is 7.77. The van der Waals surface area contributed by atoms with Crippen molar-refractivity contribution in [3.63, 3.8) is 0 Å². The van der Waals surface area contributed by atoms with Gasteiger partial charge < -0.3 is 15.8 Å². The minimum Gasteiger partial charge on any atom is -0.409 e. The summed E-state index contributed by atoms with van der Waals surface area (Å²) in [6.07, 6.45) is 5.94. The van der Waals surface area contributed by atoms with Crippen LogP contribution in [0.5, 0.6) is 0 Å². The quantitative estimate of drug-likeness (QED) is 0.357. The van der Waals surface area contributed by atoms with Gasteiger partial charge in [-0.3, -0.25) is 4.90 Å². The maximum atomic E-state index is 8.93. The van der Waals surface area contributed by atoms with Crippen LogP contribution in [0.1, 0.15) is 39.5 Å². The van der Waals surface area contributed by atoms with Gasteiger partial charge in [0, 0.05) is 32.7 Å². The number of oxime groups is 1. The first-order valence-electron chi connectivity index (χ1n) is 8.46. The van der Waals surface area contributed by atoms with Crippen molar-refractivity contribution in [2.75, 3.05) is 32.7 Å². The Morgan fingerprint density at radius 1 is 1.19 bits per heavy atom. The Hall–Kier alpha value is -0.810. The number of hydrogen-bond acceptors (Lipinski definition) is 4. The van der Waals surface area contributed by atoms with E-state index >= 15 is 0 Å². The van der Waals surface area contributed by atoms with Crippen LogP contribution in [0.3, 0.4) is 0 Å². The van der Waals surface area contributed by atoms with Crippen LogP contribution in [0.25, 0.3) is 0 Å². The van der Waals surface area contributed by atoms with E-state index in [0.29, 0.717) is 5.84 Å². The molecule has 3 N–H and O–H groups in total. The smallest absolute Gasteiger partial charge is 0.159 e. The maximum Gasteiger partial charge on any atom is 0.159 e. The summed E-state index contributed by atoms with van der Waals surface area (Å²) in [4.78, 5) is 4.96. The lowest BCUT2D eigenvalue weighted by molar-refractivity contribution is 0.0679. The van der Waals surface area contributed by atoms with E-state index in [1.54, 1.807) is 0 Å². The van der Waals surface area contributed by atoms with Crippen LogP contribution in [-0.4, -0.2) is 59.1 Å². The summed E-state index contributed by atoms with van der Waals surface area (Å²) >= 11 is 0. The highest BCUT2D eigenvalue weighted by Gasteiger charge is 2.41. The fourth-order valence-corrected chi connectivity index (χ4v) is 4.71. The third-order valence-corrected chi connectivity index (χ3v) is 6.27. The molecular weight excluding hydrogens is 264 g/mol. The first-order valence-corrected chi connectivity index (χ1v) is 8.46. The highest BCUT2D eigenvalue weighted by molar-refractivity contribution is 5.88. The first kappa shape index (κ1) is 15.1. The first-order chi connectivity index (χ1) is 10.0. The summed E-state index contributed by atoms with van der Waals surface area (Å²) in [7, 11) is 0. The van der Waals surface area contributed by atoms with Crippen molar-refractivity contribution in [2.24, 2.45) is 28.6 Å². The van der Waals surface area contributed by atoms with E-state index in [4.69, 9.17) is 10.9 Å². The van der Waals surface area contributed by atoms with E-state index in [-0.39, 0.29) is 5.54 Å². The van der Waals surface area contributed by atoms with Crippen molar-refractivity contribution in [1.82, 2.24) is 9.80 Å². The van der Waals surface area contributed by atoms with Crippen molar-refractivity contribution in [3.05, 3.63) is 0 Å². The Labute approximate surface area is 128 Å². The normalized spacial score (nSPS) is 35.5. The summed E-state index contributed by atoms with van der Waals surface area (Å²) in [5.74, 6) is 3.32. The van der Waals surface area contributed by atoms with Crippen LogP contribution >= 0.6 is 0 Å². The molecule has 3 rings (SSSR count). The van der Waals surface area contributed by atoms with Gasteiger partial charge in [0.15, 0.2) is 5.84 Å². The van der Waals surface area contributed by atoms with Gasteiger partial charge in [0.2, 0.25) is 0 Å². The molecule has 0 aromatic heterocycles. The van der Waals surface area contributed by atoms with E-state index in [1.807, 2.05) is 13.8 Å². The molecule has 1 saturated heterocycles. The van der Waals surface area contributed by atoms with Crippen molar-refractivity contribution >= 4 is 5.84 Å². The molecule has 1 heterocycles. The molecule has 0 radical (unpaired) electrons. The molecule has 3 unspecified atom stereocenters. The number of nitrogens with zero attached hydrogens (tertiary/aromatic N) is 3. The number of hydrogen-bond donors (Lipinski definition) is 2. The largest absolute Gasteiger partial charge is 0.409 e. The minimum absolute atomic E-state index is 0.309. The summed E-state index contributed by atoms with van der Waals surface area (Å²) in [6.45, 7) is 9.58. The molecule has 0 amide bonds. The summed E-state index contributed by atoms with van der Waals surface area (Å²) in [6, 6.07) is 0. The predicted octanol–water partition coefficient (Wildman–Crippen LogP) is 1.57. The molecule has 2 aliphatic carbocycles. The van der Waals surface area contributed by atoms with Gasteiger partial charge in [-0.05, 0) is 50.9 Å². The molecule has 21 heavy (non-hydrogen) atoms. The van der Waals surface area contributed by atoms with Gasteiger partial charge in [-0.2, -0.15) is 0 Å². The van der Waals surface area contributed by atoms with E-state index < -0.39 is 0 Å². The Balaban J connectivity index is 1.49. The standard InChI is InChI=1S/C16H30N4O/c1-16(2,15(17)18-21)20-7-5-19(6-8-20)11-14-10-12-3-4-13(14)9-12/h12-14,21H,3-11H2,1-2H3,(H2,17,18). The molecule has 2 bridgehead atoms. The zero-order chi connectivity index (χ0) is 15.0. The van der Waals surface area contributed by atoms with Crippen molar-refractivity contribution in [1.29, 1.82) is 0 Å². The van der Waals surface area contributed by atoms with E-state index in [2.05, 4.69) is 15.0 Å². The summed E-state index contributed by atoms with van der Waals surface area (Å²) < 4.78 is 0. The molecule has 0 aromatic carbocycles. The van der Waals surface area contributed by atoms with Crippen molar-refractivity contribution < 1.29 is 5.21 Å². The predicted molar refractivity (Wildman–Crippen MR) is 84.4 cm³/mol. The molecule has 3 aliphatic rings. The Morgan fingerprint density at radius 2 is 1.90 bits per heavy atom. The number of rotatable bonds is 4. The van der Waals surface area contributed by atoms with Gasteiger partial charge in [-0.25, -0.2) is 0 Å². The second kappa shape index (κ2) is 5.76. The number of nitrogens with two attached hydrogens (primary N) is 1. The highest BCUT2D eigenvalue weighted by Crippen LogP contribution is 2.48. The lowest BCUT2D eigenvalue weighted by atomic mass is 9.88. The molecule has 3 fully saturated rings. The lowest BCUT2D eigenvalue weighted by Crippen LogP contribution is -2.60. The fourth-order valence-electron chi connectivity index (χ4n) is 4.71. The Kier molecular flexibility index (Phi) is 4.14. The molecule has 120 valence electrons. The molecular formula is C16H30N4O. The zero-order valence-electron chi connectivity index (χ0n) is 13.5. The average Bonchev–Trinajstić information content (AvgIpc) is 3.09. The van der Waals surface area contributed by atoms with E-state index in [9.17, 15) is 0 Å². The fraction of sp³-hybridized carbons (Fsp3) is 0.938. The van der Waals surface area contributed by atoms with Gasteiger partial charge >= 0.3 is 0 Å². The van der Waals surface area contributed by atoms with Crippen molar-refractivity contribution in [3.8, 4) is 0 Å². The van der Waals surface area contributed by atoms with Gasteiger partial charge in [-0.1, -0.05) is 11.6 Å². The van der Waals surface area contributed by atoms with Gasteiger partial charge in [0.25, 0.3) is 0 Å². The molecule has 0 aromatic rings. The molecule has 3 atom stereocenters. The second-order valence-corrected chi connectivity index (χ2v) is 7.77. The third kappa shape index (κ3) is 2.90. The molecule has 0 spiro atoms. The Bertz CT molecular complexity index is 401. The van der Waals surface area contributed by atoms with Gasteiger partial charge in [0.1, 0.15) is 0 Å². The summed E-state index contributed by atoms with van der Waals surface area (Å²) in [5, 5.41) is 12.1. The molecule has 5 heteroatoms. The van der Waals surface area contributed by atoms with Gasteiger partial charge in [-0.15, -0.1) is 0 Å². The van der Waals surface area contributed by atoms with Crippen molar-refractivity contribution in [2.45, 2.75) is 45.1 Å². The van der Waals surface area contributed by atoms with Gasteiger partial charge in [0.05, 0.1) is 5.54 Å². The SMILES string of the molecule is CC(C)(C(N)=NO)N1CCN(CC2CC3CCC2C3)CC1. The number of amidine groups is 1. The number of piperazine rings is 1. The molecule has 1 aliphatic heterocycles. The van der Waals surface area contributed by atoms with Crippen LogP contribution in [0, 0.1) is 17.8 Å². The Morgan fingerprint density at radius 3 is 2.43 bits per heavy atom. The third-order valence-electron chi connectivity index (χ3n) is 6.27. The van der Waals surface area contributed by atoms with Crippen LogP contribution in [0.2, 0.25) is 0 Å². The van der Waals surface area contributed by atoms with Crippen LogP contribution < -0.4 is 5.73 Å². The van der Waals surface area contributed by atoms with E-state index in [1.165, 1.54) is 32.2 Å².